The number of aryl methyl sites for hydroxylation is 1. The highest BCUT2D eigenvalue weighted by atomic mass is 16.3. The van der Waals surface area contributed by atoms with Crippen LogP contribution in [0.5, 0.6) is 0 Å². The van der Waals surface area contributed by atoms with Gasteiger partial charge in [0.1, 0.15) is 5.69 Å². The van der Waals surface area contributed by atoms with Gasteiger partial charge in [-0.05, 0) is 36.6 Å². The van der Waals surface area contributed by atoms with Gasteiger partial charge in [-0.25, -0.2) is 4.68 Å². The maximum Gasteiger partial charge on any atom is 0.266 e. The number of hydrogen-bond donors (Lipinski definition) is 1. The molecule has 3 aromatic rings. The lowest BCUT2D eigenvalue weighted by Gasteiger charge is -2.07. The highest BCUT2D eigenvalue weighted by Crippen LogP contribution is 2.15. The number of nitrogens with one attached hydrogen (secondary N) is 1. The third-order valence-electron chi connectivity index (χ3n) is 3.99. The maximum absolute atomic E-state index is 11.9. The fourth-order valence-corrected chi connectivity index (χ4v) is 2.63. The van der Waals surface area contributed by atoms with Gasteiger partial charge in [0.25, 0.3) is 5.56 Å². The minimum atomic E-state index is -0.190. The molecule has 6 nitrogen and oxygen atoms in total. The van der Waals surface area contributed by atoms with Crippen molar-refractivity contribution in [1.29, 1.82) is 0 Å². The molecule has 6 heteroatoms. The molecule has 1 N–H and O–H groups in total. The van der Waals surface area contributed by atoms with E-state index in [1.54, 1.807) is 24.5 Å². The minimum absolute atomic E-state index is 0.0174. The number of carbonyl (C=O) groups excluding carboxylic acids is 1. The van der Waals surface area contributed by atoms with Gasteiger partial charge in [0.2, 0.25) is 5.91 Å². The maximum atomic E-state index is 11.9. The number of benzene rings is 1. The minimum Gasteiger partial charge on any atom is -0.463 e. The Morgan fingerprint density at radius 2 is 1.92 bits per heavy atom. The van der Waals surface area contributed by atoms with Crippen LogP contribution >= 0.6 is 0 Å². The standard InChI is InChI=1S/C20H21N3O3/c24-19(21-13-12-16-6-2-1-3-7-16)9-4-14-23-20(25)11-10-17(22-23)18-8-5-15-26-18/h1-3,5-8,10-11,15H,4,9,12-14H2,(H,21,24). The predicted molar refractivity (Wildman–Crippen MR) is 98.6 cm³/mol. The third-order valence-corrected chi connectivity index (χ3v) is 3.99. The molecular weight excluding hydrogens is 330 g/mol. The average molecular weight is 351 g/mol. The number of hydrogen-bond acceptors (Lipinski definition) is 4. The van der Waals surface area contributed by atoms with Crippen LogP contribution in [0.25, 0.3) is 11.5 Å². The molecule has 26 heavy (non-hydrogen) atoms. The molecule has 1 amide bonds. The van der Waals surface area contributed by atoms with Crippen LogP contribution in [-0.4, -0.2) is 22.2 Å². The van der Waals surface area contributed by atoms with E-state index in [0.717, 1.165) is 6.42 Å². The quantitative estimate of drug-likeness (QED) is 0.677. The Labute approximate surface area is 151 Å². The number of furan rings is 1. The molecule has 0 spiro atoms. The van der Waals surface area contributed by atoms with Crippen molar-refractivity contribution in [3.8, 4) is 11.5 Å². The molecule has 3 rings (SSSR count). The zero-order valence-electron chi connectivity index (χ0n) is 14.4. The van der Waals surface area contributed by atoms with Crippen molar-refractivity contribution in [2.45, 2.75) is 25.8 Å². The monoisotopic (exact) mass is 351 g/mol. The van der Waals surface area contributed by atoms with E-state index in [1.807, 2.05) is 30.3 Å². The van der Waals surface area contributed by atoms with Crippen LogP contribution in [0.4, 0.5) is 0 Å². The molecule has 0 aliphatic carbocycles. The Kier molecular flexibility index (Phi) is 5.98. The summed E-state index contributed by atoms with van der Waals surface area (Å²) in [7, 11) is 0. The Bertz CT molecular complexity index is 886. The van der Waals surface area contributed by atoms with Crippen molar-refractivity contribution in [2.24, 2.45) is 0 Å². The molecular formula is C20H21N3O3. The lowest BCUT2D eigenvalue weighted by atomic mass is 10.1. The van der Waals surface area contributed by atoms with E-state index >= 15 is 0 Å². The number of nitrogens with zero attached hydrogens (tertiary/aromatic N) is 2. The van der Waals surface area contributed by atoms with E-state index in [4.69, 9.17) is 4.42 Å². The second kappa shape index (κ2) is 8.80. The molecule has 0 saturated carbocycles. The molecule has 134 valence electrons. The first kappa shape index (κ1) is 17.7. The lowest BCUT2D eigenvalue weighted by molar-refractivity contribution is -0.121. The van der Waals surface area contributed by atoms with Crippen molar-refractivity contribution in [1.82, 2.24) is 15.1 Å². The fourth-order valence-electron chi connectivity index (χ4n) is 2.63. The van der Waals surface area contributed by atoms with Crippen LogP contribution in [0.3, 0.4) is 0 Å². The van der Waals surface area contributed by atoms with Crippen LogP contribution in [0.15, 0.2) is 70.1 Å². The first-order chi connectivity index (χ1) is 12.7. The number of amides is 1. The summed E-state index contributed by atoms with van der Waals surface area (Å²) in [6, 6.07) is 16.7. The van der Waals surface area contributed by atoms with Gasteiger partial charge in [-0.3, -0.25) is 9.59 Å². The van der Waals surface area contributed by atoms with Crippen molar-refractivity contribution in [2.75, 3.05) is 6.54 Å². The lowest BCUT2D eigenvalue weighted by Crippen LogP contribution is -2.27. The summed E-state index contributed by atoms with van der Waals surface area (Å²) in [5, 5.41) is 7.20. The largest absolute Gasteiger partial charge is 0.463 e. The summed E-state index contributed by atoms with van der Waals surface area (Å²) < 4.78 is 6.67. The van der Waals surface area contributed by atoms with Gasteiger partial charge in [-0.2, -0.15) is 5.10 Å². The van der Waals surface area contributed by atoms with E-state index in [1.165, 1.54) is 16.3 Å². The van der Waals surface area contributed by atoms with Crippen molar-refractivity contribution >= 4 is 5.91 Å². The average Bonchev–Trinajstić information content (AvgIpc) is 3.19. The van der Waals surface area contributed by atoms with E-state index in [2.05, 4.69) is 10.4 Å². The van der Waals surface area contributed by atoms with E-state index < -0.39 is 0 Å². The van der Waals surface area contributed by atoms with E-state index in [0.29, 0.717) is 37.4 Å². The second-order valence-electron chi connectivity index (χ2n) is 5.95. The highest BCUT2D eigenvalue weighted by molar-refractivity contribution is 5.75. The van der Waals surface area contributed by atoms with Crippen molar-refractivity contribution in [3.63, 3.8) is 0 Å². The van der Waals surface area contributed by atoms with Crippen molar-refractivity contribution < 1.29 is 9.21 Å². The third kappa shape index (κ3) is 4.92. The highest BCUT2D eigenvalue weighted by Gasteiger charge is 2.07. The number of aromatic nitrogens is 2. The molecule has 1 aromatic carbocycles. The van der Waals surface area contributed by atoms with Crippen LogP contribution in [0.2, 0.25) is 0 Å². The zero-order chi connectivity index (χ0) is 18.2. The Hall–Kier alpha value is -3.15. The molecule has 0 saturated heterocycles. The molecule has 0 aliphatic rings. The SMILES string of the molecule is O=C(CCCn1nc(-c2ccco2)ccc1=O)NCCc1ccccc1. The predicted octanol–water partition coefficient (Wildman–Crippen LogP) is 2.64. The molecule has 0 bridgehead atoms. The molecule has 0 fully saturated rings. The molecule has 2 heterocycles. The summed E-state index contributed by atoms with van der Waals surface area (Å²) in [5.41, 5.74) is 1.60. The van der Waals surface area contributed by atoms with E-state index in [-0.39, 0.29) is 11.5 Å². The molecule has 0 atom stereocenters. The molecule has 0 unspecified atom stereocenters. The van der Waals surface area contributed by atoms with E-state index in [9.17, 15) is 9.59 Å². The van der Waals surface area contributed by atoms with Gasteiger partial charge in [0.15, 0.2) is 5.76 Å². The van der Waals surface area contributed by atoms with Crippen LogP contribution in [0, 0.1) is 0 Å². The topological polar surface area (TPSA) is 77.1 Å². The molecule has 2 aromatic heterocycles. The van der Waals surface area contributed by atoms with Crippen LogP contribution in [-0.2, 0) is 17.8 Å². The summed E-state index contributed by atoms with van der Waals surface area (Å²) >= 11 is 0. The van der Waals surface area contributed by atoms with Gasteiger partial charge in [0.05, 0.1) is 6.26 Å². The van der Waals surface area contributed by atoms with Crippen LogP contribution < -0.4 is 10.9 Å². The van der Waals surface area contributed by atoms with Crippen LogP contribution in [0.1, 0.15) is 18.4 Å². The van der Waals surface area contributed by atoms with Crippen molar-refractivity contribution in [3.05, 3.63) is 76.8 Å². The molecule has 0 radical (unpaired) electrons. The van der Waals surface area contributed by atoms with Gasteiger partial charge in [-0.15, -0.1) is 0 Å². The Balaban J connectivity index is 1.45. The summed E-state index contributed by atoms with van der Waals surface area (Å²) in [6.07, 6.45) is 3.27. The zero-order valence-corrected chi connectivity index (χ0v) is 14.4. The number of carbonyl (C=O) groups is 1. The summed E-state index contributed by atoms with van der Waals surface area (Å²) in [4.78, 5) is 23.8. The Morgan fingerprint density at radius 3 is 2.69 bits per heavy atom. The summed E-state index contributed by atoms with van der Waals surface area (Å²) in [5.74, 6) is 0.591. The summed E-state index contributed by atoms with van der Waals surface area (Å²) in [6.45, 7) is 0.995. The first-order valence-corrected chi connectivity index (χ1v) is 8.65. The Morgan fingerprint density at radius 1 is 1.08 bits per heavy atom. The normalized spacial score (nSPS) is 10.6. The number of rotatable bonds is 8. The second-order valence-corrected chi connectivity index (χ2v) is 5.95. The first-order valence-electron chi connectivity index (χ1n) is 8.65. The smallest absolute Gasteiger partial charge is 0.266 e. The van der Waals surface area contributed by atoms with Gasteiger partial charge >= 0.3 is 0 Å². The molecule has 0 aliphatic heterocycles. The fraction of sp³-hybridized carbons (Fsp3) is 0.250. The van der Waals surface area contributed by atoms with Gasteiger partial charge in [-0.1, -0.05) is 30.3 Å². The van der Waals surface area contributed by atoms with Gasteiger partial charge in [0, 0.05) is 25.6 Å². The van der Waals surface area contributed by atoms with Gasteiger partial charge < -0.3 is 9.73 Å².